The molecular weight excluding hydrogens is 419 g/mol. The van der Waals surface area contributed by atoms with Crippen molar-refractivity contribution in [1.29, 1.82) is 0 Å². The number of carbonyl (C=O) groups is 1. The lowest BCUT2D eigenvalue weighted by atomic mass is 10.0. The summed E-state index contributed by atoms with van der Waals surface area (Å²) in [7, 11) is 1.78. The van der Waals surface area contributed by atoms with Gasteiger partial charge in [-0.15, -0.1) is 0 Å². The normalized spacial score (nSPS) is 23.0. The maximum Gasteiger partial charge on any atom is 0.234 e. The average Bonchev–Trinajstić information content (AvgIpc) is 3.27. The number of amides is 1. The summed E-state index contributed by atoms with van der Waals surface area (Å²) in [6.07, 6.45) is 6.88. The molecule has 0 aliphatic heterocycles. The SMILES string of the molecule is CCCNc1nc(Nc2cccc(F)c2)ncc1C#C[C@@H]1CCC2(CC2NC(=O)CNC)C1. The molecule has 4 rings (SSSR count). The summed E-state index contributed by atoms with van der Waals surface area (Å²) in [5.74, 6) is 7.82. The number of nitrogens with zero attached hydrogens (tertiary/aromatic N) is 2. The quantitative estimate of drug-likeness (QED) is 0.461. The van der Waals surface area contributed by atoms with Gasteiger partial charge in [-0.1, -0.05) is 24.8 Å². The zero-order chi connectivity index (χ0) is 23.3. The minimum absolute atomic E-state index is 0.0599. The number of rotatable bonds is 8. The zero-order valence-electron chi connectivity index (χ0n) is 19.2. The Labute approximate surface area is 194 Å². The van der Waals surface area contributed by atoms with Gasteiger partial charge in [0.15, 0.2) is 0 Å². The number of likely N-dealkylation sites (N-methyl/N-ethyl adjacent to an activating group) is 1. The molecule has 0 bridgehead atoms. The smallest absolute Gasteiger partial charge is 0.234 e. The van der Waals surface area contributed by atoms with Crippen molar-refractivity contribution in [3.05, 3.63) is 41.8 Å². The topological polar surface area (TPSA) is 91.0 Å². The molecule has 2 saturated carbocycles. The first-order valence-electron chi connectivity index (χ1n) is 11.6. The van der Waals surface area contributed by atoms with E-state index in [-0.39, 0.29) is 23.2 Å². The summed E-state index contributed by atoms with van der Waals surface area (Å²) in [4.78, 5) is 20.8. The molecule has 2 unspecified atom stereocenters. The summed E-state index contributed by atoms with van der Waals surface area (Å²) < 4.78 is 13.5. The van der Waals surface area contributed by atoms with Gasteiger partial charge in [-0.25, -0.2) is 9.37 Å². The van der Waals surface area contributed by atoms with Gasteiger partial charge in [0, 0.05) is 24.2 Å². The highest BCUT2D eigenvalue weighted by molar-refractivity contribution is 5.78. The Bertz CT molecular complexity index is 1060. The van der Waals surface area contributed by atoms with Crippen LogP contribution in [-0.2, 0) is 4.79 Å². The minimum Gasteiger partial charge on any atom is -0.369 e. The molecule has 4 N–H and O–H groups in total. The Morgan fingerprint density at radius 1 is 1.33 bits per heavy atom. The second-order valence-corrected chi connectivity index (χ2v) is 8.94. The highest BCUT2D eigenvalue weighted by Crippen LogP contribution is 2.59. The molecule has 2 aromatic rings. The summed E-state index contributed by atoms with van der Waals surface area (Å²) in [5, 5.41) is 12.4. The van der Waals surface area contributed by atoms with E-state index in [1.807, 2.05) is 0 Å². The van der Waals surface area contributed by atoms with Gasteiger partial charge in [-0.2, -0.15) is 4.98 Å². The molecular formula is C25H31FN6O. The molecule has 2 aliphatic carbocycles. The first-order valence-corrected chi connectivity index (χ1v) is 11.6. The number of aromatic nitrogens is 2. The standard InChI is InChI=1S/C25H31FN6O/c1-3-11-28-23-18(15-29-24(32-23)30-20-6-4-5-19(26)12-20)8-7-17-9-10-25(13-17)14-21(25)31-22(33)16-27-2/h4-6,12,15,17,21,27H,3,9-11,13-14,16H2,1-2H3,(H,31,33)(H2,28,29,30,32)/t17-,21?,25?/m1/s1. The number of hydrogen-bond acceptors (Lipinski definition) is 6. The van der Waals surface area contributed by atoms with Crippen molar-refractivity contribution in [2.75, 3.05) is 30.8 Å². The van der Waals surface area contributed by atoms with Crippen molar-refractivity contribution in [3.63, 3.8) is 0 Å². The van der Waals surface area contributed by atoms with E-state index in [0.717, 1.165) is 44.2 Å². The van der Waals surface area contributed by atoms with Crippen LogP contribution in [0.4, 0.5) is 21.8 Å². The van der Waals surface area contributed by atoms with E-state index in [9.17, 15) is 9.18 Å². The van der Waals surface area contributed by atoms with Crippen LogP contribution < -0.4 is 21.3 Å². The lowest BCUT2D eigenvalue weighted by molar-refractivity contribution is -0.120. The summed E-state index contributed by atoms with van der Waals surface area (Å²) in [5.41, 5.74) is 1.57. The Kier molecular flexibility index (Phi) is 7.09. The summed E-state index contributed by atoms with van der Waals surface area (Å²) in [6.45, 7) is 3.21. The second-order valence-electron chi connectivity index (χ2n) is 8.94. The Morgan fingerprint density at radius 3 is 3.00 bits per heavy atom. The molecule has 1 amide bonds. The van der Waals surface area contributed by atoms with E-state index in [4.69, 9.17) is 0 Å². The Hall–Kier alpha value is -3.18. The third kappa shape index (κ3) is 5.79. The molecule has 1 heterocycles. The van der Waals surface area contributed by atoms with Crippen LogP contribution in [0.3, 0.4) is 0 Å². The van der Waals surface area contributed by atoms with E-state index < -0.39 is 0 Å². The summed E-state index contributed by atoms with van der Waals surface area (Å²) >= 11 is 0. The third-order valence-corrected chi connectivity index (χ3v) is 6.33. The van der Waals surface area contributed by atoms with Gasteiger partial charge in [0.1, 0.15) is 11.6 Å². The highest BCUT2D eigenvalue weighted by Gasteiger charge is 2.57. The lowest BCUT2D eigenvalue weighted by Crippen LogP contribution is -2.35. The highest BCUT2D eigenvalue weighted by atomic mass is 19.1. The Balaban J connectivity index is 1.42. The van der Waals surface area contributed by atoms with Crippen LogP contribution in [-0.4, -0.2) is 42.1 Å². The molecule has 8 heteroatoms. The first-order chi connectivity index (χ1) is 16.0. The Morgan fingerprint density at radius 2 is 2.21 bits per heavy atom. The molecule has 1 spiro atoms. The zero-order valence-corrected chi connectivity index (χ0v) is 19.2. The van der Waals surface area contributed by atoms with E-state index in [1.54, 1.807) is 25.4 Å². The van der Waals surface area contributed by atoms with E-state index in [2.05, 4.69) is 50.0 Å². The fraction of sp³-hybridized carbons (Fsp3) is 0.480. The average molecular weight is 451 g/mol. The van der Waals surface area contributed by atoms with Crippen LogP contribution in [0, 0.1) is 29.0 Å². The molecule has 33 heavy (non-hydrogen) atoms. The number of nitrogens with one attached hydrogen (secondary N) is 4. The second kappa shape index (κ2) is 10.2. The van der Waals surface area contributed by atoms with E-state index >= 15 is 0 Å². The molecule has 1 aromatic carbocycles. The van der Waals surface area contributed by atoms with Gasteiger partial charge in [-0.05, 0) is 62.8 Å². The number of halogens is 1. The van der Waals surface area contributed by atoms with Crippen LogP contribution in [0.15, 0.2) is 30.5 Å². The van der Waals surface area contributed by atoms with Crippen molar-refractivity contribution in [3.8, 4) is 11.8 Å². The van der Waals surface area contributed by atoms with Crippen LogP contribution in [0.25, 0.3) is 0 Å². The molecule has 0 saturated heterocycles. The van der Waals surface area contributed by atoms with Crippen molar-refractivity contribution in [1.82, 2.24) is 20.6 Å². The molecule has 2 fully saturated rings. The van der Waals surface area contributed by atoms with Crippen LogP contribution in [0.2, 0.25) is 0 Å². The number of anilines is 3. The van der Waals surface area contributed by atoms with E-state index in [1.165, 1.54) is 12.1 Å². The molecule has 2 aliphatic rings. The third-order valence-electron chi connectivity index (χ3n) is 6.33. The van der Waals surface area contributed by atoms with Crippen LogP contribution in [0.5, 0.6) is 0 Å². The maximum absolute atomic E-state index is 13.5. The number of hydrogen-bond donors (Lipinski definition) is 4. The number of carbonyl (C=O) groups excluding carboxylic acids is 1. The molecule has 1 aromatic heterocycles. The van der Waals surface area contributed by atoms with Gasteiger partial charge < -0.3 is 21.3 Å². The van der Waals surface area contributed by atoms with Crippen molar-refractivity contribution >= 4 is 23.4 Å². The maximum atomic E-state index is 13.5. The van der Waals surface area contributed by atoms with Gasteiger partial charge in [0.2, 0.25) is 11.9 Å². The number of benzene rings is 1. The lowest BCUT2D eigenvalue weighted by Gasteiger charge is -2.10. The fourth-order valence-electron chi connectivity index (χ4n) is 4.53. The van der Waals surface area contributed by atoms with Crippen molar-refractivity contribution in [2.45, 2.75) is 45.1 Å². The van der Waals surface area contributed by atoms with Gasteiger partial charge in [0.05, 0.1) is 18.3 Å². The van der Waals surface area contributed by atoms with Gasteiger partial charge >= 0.3 is 0 Å². The van der Waals surface area contributed by atoms with Gasteiger partial charge in [-0.3, -0.25) is 4.79 Å². The first kappa shape index (κ1) is 23.0. The monoisotopic (exact) mass is 450 g/mol. The predicted octanol–water partition coefficient (Wildman–Crippen LogP) is 3.43. The minimum atomic E-state index is -0.319. The van der Waals surface area contributed by atoms with Crippen LogP contribution >= 0.6 is 0 Å². The van der Waals surface area contributed by atoms with E-state index in [0.29, 0.717) is 29.9 Å². The predicted molar refractivity (Wildman–Crippen MR) is 128 cm³/mol. The van der Waals surface area contributed by atoms with Crippen molar-refractivity contribution in [2.24, 2.45) is 11.3 Å². The largest absolute Gasteiger partial charge is 0.369 e. The molecule has 3 atom stereocenters. The van der Waals surface area contributed by atoms with Crippen LogP contribution in [0.1, 0.15) is 44.6 Å². The van der Waals surface area contributed by atoms with Crippen molar-refractivity contribution < 1.29 is 9.18 Å². The molecule has 7 nitrogen and oxygen atoms in total. The molecule has 174 valence electrons. The molecule has 0 radical (unpaired) electrons. The fourth-order valence-corrected chi connectivity index (χ4v) is 4.53. The van der Waals surface area contributed by atoms with Gasteiger partial charge in [0.25, 0.3) is 0 Å². The summed E-state index contributed by atoms with van der Waals surface area (Å²) in [6, 6.07) is 6.48.